The molecule has 1 aliphatic rings. The third-order valence-corrected chi connectivity index (χ3v) is 5.18. The quantitative estimate of drug-likeness (QED) is 0.838. The zero-order chi connectivity index (χ0) is 14.7. The van der Waals surface area contributed by atoms with E-state index >= 15 is 0 Å². The first-order chi connectivity index (χ1) is 10.2. The summed E-state index contributed by atoms with van der Waals surface area (Å²) in [6, 6.07) is 15.9. The number of rotatable bonds is 4. The molecule has 0 saturated heterocycles. The molecule has 1 unspecified atom stereocenters. The van der Waals surface area contributed by atoms with Crippen LogP contribution in [-0.2, 0) is 6.42 Å². The van der Waals surface area contributed by atoms with Crippen molar-refractivity contribution in [2.45, 2.75) is 30.1 Å². The molecular formula is C18H18O2S. The van der Waals surface area contributed by atoms with Gasteiger partial charge in [0.1, 0.15) is 0 Å². The maximum absolute atomic E-state index is 11.0. The number of carboxylic acids is 1. The van der Waals surface area contributed by atoms with Crippen molar-refractivity contribution in [1.29, 1.82) is 0 Å². The molecule has 0 fully saturated rings. The van der Waals surface area contributed by atoms with Gasteiger partial charge in [-0.05, 0) is 54.5 Å². The van der Waals surface area contributed by atoms with Gasteiger partial charge in [0.15, 0.2) is 0 Å². The third-order valence-electron chi connectivity index (χ3n) is 4.03. The molecule has 3 heteroatoms. The van der Waals surface area contributed by atoms with E-state index in [1.54, 1.807) is 23.9 Å². The molecule has 0 bridgehead atoms. The Bertz CT molecular complexity index is 651. The normalized spacial score (nSPS) is 17.2. The van der Waals surface area contributed by atoms with E-state index in [0.29, 0.717) is 11.5 Å². The van der Waals surface area contributed by atoms with Crippen LogP contribution in [0.15, 0.2) is 53.4 Å². The van der Waals surface area contributed by atoms with Gasteiger partial charge in [0.2, 0.25) is 0 Å². The zero-order valence-corrected chi connectivity index (χ0v) is 12.6. The predicted molar refractivity (Wildman–Crippen MR) is 86.2 cm³/mol. The Kier molecular flexibility index (Phi) is 4.30. The fourth-order valence-electron chi connectivity index (χ4n) is 2.94. The van der Waals surface area contributed by atoms with Crippen LogP contribution in [0.3, 0.4) is 0 Å². The number of thioether (sulfide) groups is 1. The van der Waals surface area contributed by atoms with Gasteiger partial charge in [-0.1, -0.05) is 30.3 Å². The molecule has 0 spiro atoms. The highest BCUT2D eigenvalue weighted by Gasteiger charge is 2.19. The molecule has 0 heterocycles. The first-order valence-corrected chi connectivity index (χ1v) is 8.26. The summed E-state index contributed by atoms with van der Waals surface area (Å²) < 4.78 is 0. The van der Waals surface area contributed by atoms with Gasteiger partial charge >= 0.3 is 5.97 Å². The lowest BCUT2D eigenvalue weighted by molar-refractivity contribution is 0.0696. The van der Waals surface area contributed by atoms with Crippen LogP contribution in [0.2, 0.25) is 0 Å². The monoisotopic (exact) mass is 298 g/mol. The van der Waals surface area contributed by atoms with E-state index in [4.69, 9.17) is 5.11 Å². The summed E-state index contributed by atoms with van der Waals surface area (Å²) in [4.78, 5) is 12.1. The standard InChI is InChI=1S/C18H18O2S/c19-18(20)14-7-4-9-16(11-14)21-12-15-8-3-6-13-5-1-2-10-17(13)15/h1-2,4-5,7,9-11,15H,3,6,8,12H2,(H,19,20). The van der Waals surface area contributed by atoms with Crippen molar-refractivity contribution in [2.24, 2.45) is 0 Å². The first-order valence-electron chi connectivity index (χ1n) is 7.28. The molecule has 0 aromatic heterocycles. The number of hydrogen-bond donors (Lipinski definition) is 1. The van der Waals surface area contributed by atoms with Crippen LogP contribution >= 0.6 is 11.8 Å². The summed E-state index contributed by atoms with van der Waals surface area (Å²) in [7, 11) is 0. The predicted octanol–water partition coefficient (Wildman–Crippen LogP) is 4.60. The van der Waals surface area contributed by atoms with Crippen molar-refractivity contribution in [3.05, 3.63) is 65.2 Å². The molecule has 0 amide bonds. The van der Waals surface area contributed by atoms with Crippen molar-refractivity contribution >= 4 is 17.7 Å². The Labute approximate surface area is 129 Å². The second-order valence-corrected chi connectivity index (χ2v) is 6.53. The summed E-state index contributed by atoms with van der Waals surface area (Å²) in [5, 5.41) is 9.05. The number of hydrogen-bond acceptors (Lipinski definition) is 2. The van der Waals surface area contributed by atoms with Crippen molar-refractivity contribution in [1.82, 2.24) is 0 Å². The molecule has 21 heavy (non-hydrogen) atoms. The highest BCUT2D eigenvalue weighted by atomic mass is 32.2. The molecule has 0 radical (unpaired) electrons. The van der Waals surface area contributed by atoms with E-state index in [9.17, 15) is 4.79 Å². The molecule has 0 aliphatic heterocycles. The average Bonchev–Trinajstić information content (AvgIpc) is 2.53. The van der Waals surface area contributed by atoms with E-state index in [0.717, 1.165) is 10.6 Å². The van der Waals surface area contributed by atoms with Crippen molar-refractivity contribution < 1.29 is 9.90 Å². The van der Waals surface area contributed by atoms with E-state index in [2.05, 4.69) is 24.3 Å². The minimum absolute atomic E-state index is 0.365. The van der Waals surface area contributed by atoms with Crippen LogP contribution < -0.4 is 0 Å². The van der Waals surface area contributed by atoms with Crippen LogP contribution in [0, 0.1) is 0 Å². The summed E-state index contributed by atoms with van der Waals surface area (Å²) in [6.45, 7) is 0. The van der Waals surface area contributed by atoms with Crippen LogP contribution in [0.1, 0.15) is 40.2 Å². The molecule has 2 nitrogen and oxygen atoms in total. The molecule has 2 aromatic carbocycles. The zero-order valence-electron chi connectivity index (χ0n) is 11.8. The molecule has 0 saturated carbocycles. The fourth-order valence-corrected chi connectivity index (χ4v) is 4.07. The number of aromatic carboxylic acids is 1. The van der Waals surface area contributed by atoms with Gasteiger partial charge in [-0.25, -0.2) is 4.79 Å². The number of aryl methyl sites for hydroxylation is 1. The lowest BCUT2D eigenvalue weighted by atomic mass is 9.84. The van der Waals surface area contributed by atoms with Gasteiger partial charge in [-0.3, -0.25) is 0 Å². The third kappa shape index (κ3) is 3.30. The van der Waals surface area contributed by atoms with E-state index in [-0.39, 0.29) is 0 Å². The minimum Gasteiger partial charge on any atom is -0.478 e. The smallest absolute Gasteiger partial charge is 0.335 e. The largest absolute Gasteiger partial charge is 0.478 e. The first kappa shape index (κ1) is 14.2. The highest BCUT2D eigenvalue weighted by Crippen LogP contribution is 2.35. The SMILES string of the molecule is O=C(O)c1cccc(SCC2CCCc3ccccc32)c1. The van der Waals surface area contributed by atoms with Crippen molar-refractivity contribution in [3.8, 4) is 0 Å². The van der Waals surface area contributed by atoms with Crippen LogP contribution in [0.5, 0.6) is 0 Å². The Morgan fingerprint density at radius 1 is 1.19 bits per heavy atom. The fraction of sp³-hybridized carbons (Fsp3) is 0.278. The Balaban J connectivity index is 1.71. The Hall–Kier alpha value is -1.74. The van der Waals surface area contributed by atoms with Crippen LogP contribution in [0.25, 0.3) is 0 Å². The van der Waals surface area contributed by atoms with E-state index in [1.807, 2.05) is 12.1 Å². The molecule has 1 atom stereocenters. The molecular weight excluding hydrogens is 280 g/mol. The average molecular weight is 298 g/mol. The molecule has 2 aromatic rings. The Morgan fingerprint density at radius 3 is 2.90 bits per heavy atom. The van der Waals surface area contributed by atoms with Gasteiger partial charge in [-0.15, -0.1) is 11.8 Å². The van der Waals surface area contributed by atoms with E-state index < -0.39 is 5.97 Å². The van der Waals surface area contributed by atoms with Gasteiger partial charge in [0.05, 0.1) is 5.56 Å². The number of carbonyl (C=O) groups is 1. The van der Waals surface area contributed by atoms with Crippen molar-refractivity contribution in [3.63, 3.8) is 0 Å². The van der Waals surface area contributed by atoms with E-state index in [1.165, 1.54) is 30.4 Å². The van der Waals surface area contributed by atoms with Gasteiger partial charge in [-0.2, -0.15) is 0 Å². The number of benzene rings is 2. The second kappa shape index (κ2) is 6.35. The lowest BCUT2D eigenvalue weighted by Crippen LogP contribution is -2.11. The maximum Gasteiger partial charge on any atom is 0.335 e. The van der Waals surface area contributed by atoms with Gasteiger partial charge < -0.3 is 5.11 Å². The number of carboxylic acid groups (broad SMARTS) is 1. The minimum atomic E-state index is -0.861. The molecule has 108 valence electrons. The summed E-state index contributed by atoms with van der Waals surface area (Å²) in [5.74, 6) is 0.731. The van der Waals surface area contributed by atoms with Crippen LogP contribution in [-0.4, -0.2) is 16.8 Å². The summed E-state index contributed by atoms with van der Waals surface area (Å²) >= 11 is 1.76. The lowest BCUT2D eigenvalue weighted by Gasteiger charge is -2.25. The molecule has 1 N–H and O–H groups in total. The topological polar surface area (TPSA) is 37.3 Å². The van der Waals surface area contributed by atoms with Gasteiger partial charge in [0, 0.05) is 10.6 Å². The van der Waals surface area contributed by atoms with Gasteiger partial charge in [0.25, 0.3) is 0 Å². The van der Waals surface area contributed by atoms with Crippen molar-refractivity contribution in [2.75, 3.05) is 5.75 Å². The summed E-state index contributed by atoms with van der Waals surface area (Å²) in [6.07, 6.45) is 3.66. The maximum atomic E-state index is 11.0. The molecule has 1 aliphatic carbocycles. The van der Waals surface area contributed by atoms with Crippen LogP contribution in [0.4, 0.5) is 0 Å². The molecule has 3 rings (SSSR count). The second-order valence-electron chi connectivity index (χ2n) is 5.43. The summed E-state index contributed by atoms with van der Waals surface area (Å²) in [5.41, 5.74) is 3.32. The highest BCUT2D eigenvalue weighted by molar-refractivity contribution is 7.99. The number of fused-ring (bicyclic) bond motifs is 1. The Morgan fingerprint density at radius 2 is 2.05 bits per heavy atom.